The molecule has 0 N–H and O–H groups in total. The Morgan fingerprint density at radius 1 is 0.794 bits per heavy atom. The summed E-state index contributed by atoms with van der Waals surface area (Å²) in [4.78, 5) is 0. The quantitative estimate of drug-likeness (QED) is 0.197. The van der Waals surface area contributed by atoms with E-state index in [0.29, 0.717) is 11.5 Å². The maximum Gasteiger partial charge on any atom is 0.205 e. The predicted molar refractivity (Wildman–Crippen MR) is 123 cm³/mol. The Bertz CT molecular complexity index is 1160. The molecule has 0 atom stereocenters. The molecule has 1 fully saturated rings. The largest absolute Gasteiger partial charge is 0.453 e. The van der Waals surface area contributed by atoms with Crippen LogP contribution in [0.25, 0.3) is 11.1 Å². The van der Waals surface area contributed by atoms with Crippen LogP contribution in [0.3, 0.4) is 0 Å². The normalized spacial score (nSPS) is 18.2. The summed E-state index contributed by atoms with van der Waals surface area (Å²) in [6, 6.07) is 10.6. The number of hydrogen-bond acceptors (Lipinski definition) is 1. The number of rotatable bonds is 6. The van der Waals surface area contributed by atoms with Crippen molar-refractivity contribution in [2.24, 2.45) is 5.92 Å². The van der Waals surface area contributed by atoms with E-state index in [2.05, 4.69) is 6.92 Å². The third-order valence-electron chi connectivity index (χ3n) is 6.73. The number of hydrogen-bond donors (Lipinski definition) is 0. The molecule has 0 amide bonds. The molecule has 0 aromatic heterocycles. The molecule has 0 radical (unpaired) electrons. The second-order valence-electron chi connectivity index (χ2n) is 9.12. The Morgan fingerprint density at radius 3 is 2.06 bits per heavy atom. The summed E-state index contributed by atoms with van der Waals surface area (Å²) in [5.41, 5.74) is 0.430. The number of halogens is 5. The zero-order chi connectivity index (χ0) is 24.4. The highest BCUT2D eigenvalue weighted by Crippen LogP contribution is 2.42. The maximum absolute atomic E-state index is 14.7. The summed E-state index contributed by atoms with van der Waals surface area (Å²) in [7, 11) is 0. The van der Waals surface area contributed by atoms with Crippen molar-refractivity contribution in [1.82, 2.24) is 0 Å². The molecule has 0 aliphatic heterocycles. The van der Waals surface area contributed by atoms with Gasteiger partial charge in [-0.15, -0.1) is 0 Å². The lowest BCUT2D eigenvalue weighted by molar-refractivity contribution is 0.308. The third-order valence-corrected chi connectivity index (χ3v) is 6.73. The molecule has 0 saturated heterocycles. The van der Waals surface area contributed by atoms with Crippen molar-refractivity contribution in [2.75, 3.05) is 0 Å². The summed E-state index contributed by atoms with van der Waals surface area (Å²) in [5, 5.41) is 0. The van der Waals surface area contributed by atoms with Gasteiger partial charge in [0, 0.05) is 5.56 Å². The zero-order valence-electron chi connectivity index (χ0n) is 19.2. The summed E-state index contributed by atoms with van der Waals surface area (Å²) in [6.45, 7) is 3.81. The van der Waals surface area contributed by atoms with E-state index in [9.17, 15) is 22.0 Å². The number of benzene rings is 3. The lowest BCUT2D eigenvalue weighted by Crippen LogP contribution is -2.13. The van der Waals surface area contributed by atoms with Crippen molar-refractivity contribution in [1.29, 1.82) is 0 Å². The van der Waals surface area contributed by atoms with Crippen molar-refractivity contribution < 1.29 is 26.7 Å². The van der Waals surface area contributed by atoms with Crippen molar-refractivity contribution in [3.8, 4) is 22.6 Å². The molecular weight excluding hydrogens is 447 g/mol. The first kappa shape index (κ1) is 24.2. The lowest BCUT2D eigenvalue weighted by atomic mass is 9.77. The third kappa shape index (κ3) is 4.82. The Morgan fingerprint density at radius 2 is 1.44 bits per heavy atom. The van der Waals surface area contributed by atoms with Crippen LogP contribution < -0.4 is 4.74 Å². The van der Waals surface area contributed by atoms with Crippen LogP contribution in [0.1, 0.15) is 62.5 Å². The maximum atomic E-state index is 14.7. The predicted octanol–water partition coefficient (Wildman–Crippen LogP) is 9.22. The molecule has 180 valence electrons. The Kier molecular flexibility index (Phi) is 7.24. The first-order valence-corrected chi connectivity index (χ1v) is 11.7. The van der Waals surface area contributed by atoms with E-state index in [1.165, 1.54) is 37.8 Å². The molecule has 1 nitrogen and oxygen atoms in total. The van der Waals surface area contributed by atoms with E-state index in [-0.39, 0.29) is 5.75 Å². The molecule has 0 heterocycles. The van der Waals surface area contributed by atoms with Crippen molar-refractivity contribution in [3.63, 3.8) is 0 Å². The molecule has 1 saturated carbocycles. The summed E-state index contributed by atoms with van der Waals surface area (Å²) in [6.07, 6.45) is 6.98. The summed E-state index contributed by atoms with van der Waals surface area (Å²) in [5.74, 6) is -7.95. The molecule has 3 aromatic carbocycles. The van der Waals surface area contributed by atoms with Gasteiger partial charge in [0.05, 0.1) is 5.56 Å². The summed E-state index contributed by atoms with van der Waals surface area (Å²) >= 11 is 0. The highest BCUT2D eigenvalue weighted by atomic mass is 19.2. The van der Waals surface area contributed by atoms with Gasteiger partial charge in [0.2, 0.25) is 11.6 Å². The Balaban J connectivity index is 1.64. The van der Waals surface area contributed by atoms with Gasteiger partial charge < -0.3 is 4.74 Å². The molecule has 6 heteroatoms. The van der Waals surface area contributed by atoms with Crippen molar-refractivity contribution in [3.05, 3.63) is 82.7 Å². The lowest BCUT2D eigenvalue weighted by Gasteiger charge is -2.28. The smallest absolute Gasteiger partial charge is 0.205 e. The van der Waals surface area contributed by atoms with Gasteiger partial charge in [-0.1, -0.05) is 44.0 Å². The highest BCUT2D eigenvalue weighted by Gasteiger charge is 2.29. The van der Waals surface area contributed by atoms with Crippen molar-refractivity contribution in [2.45, 2.75) is 58.3 Å². The highest BCUT2D eigenvalue weighted by molar-refractivity contribution is 5.73. The van der Waals surface area contributed by atoms with Crippen LogP contribution in [0.2, 0.25) is 0 Å². The minimum atomic E-state index is -2.02. The topological polar surface area (TPSA) is 9.23 Å². The fraction of sp³-hybridized carbons (Fsp3) is 0.357. The summed E-state index contributed by atoms with van der Waals surface area (Å²) < 4.78 is 77.6. The van der Waals surface area contributed by atoms with Crippen LogP contribution in [0, 0.1) is 41.9 Å². The van der Waals surface area contributed by atoms with Crippen LogP contribution >= 0.6 is 0 Å². The molecule has 0 unspecified atom stereocenters. The van der Waals surface area contributed by atoms with Gasteiger partial charge in [0.15, 0.2) is 17.4 Å². The molecular formula is C28H27F5O. The van der Waals surface area contributed by atoms with Crippen LogP contribution in [-0.2, 0) is 0 Å². The number of aryl methyl sites for hydroxylation is 1. The van der Waals surface area contributed by atoms with Gasteiger partial charge in [-0.3, -0.25) is 0 Å². The average molecular weight is 475 g/mol. The van der Waals surface area contributed by atoms with Gasteiger partial charge >= 0.3 is 0 Å². The van der Waals surface area contributed by atoms with Crippen LogP contribution in [0.5, 0.6) is 11.5 Å². The molecule has 0 spiro atoms. The molecule has 34 heavy (non-hydrogen) atoms. The molecule has 1 aliphatic carbocycles. The SMILES string of the molecule is CCCC1CCC(c2ccc(Oc3c(F)c(F)c(F)c(F)c3-c3ccc(C)cc3F)cc2)CC1. The van der Waals surface area contributed by atoms with Crippen LogP contribution in [0.4, 0.5) is 22.0 Å². The van der Waals surface area contributed by atoms with Gasteiger partial charge in [-0.05, 0) is 73.8 Å². The minimum Gasteiger partial charge on any atom is -0.453 e. The first-order valence-electron chi connectivity index (χ1n) is 11.7. The van der Waals surface area contributed by atoms with Crippen LogP contribution in [-0.4, -0.2) is 0 Å². The number of ether oxygens (including phenoxy) is 1. The standard InChI is InChI=1S/C28H27F5O/c1-3-4-17-6-8-18(9-7-17)19-10-12-20(13-11-19)34-28-23(21-14-5-16(2)15-22(21)29)24(30)25(31)26(32)27(28)33/h5,10-15,17-18H,3-4,6-9H2,1-2H3. The van der Waals surface area contributed by atoms with Crippen LogP contribution in [0.15, 0.2) is 42.5 Å². The van der Waals surface area contributed by atoms with Gasteiger partial charge in [0.25, 0.3) is 0 Å². The molecule has 3 aromatic rings. The van der Waals surface area contributed by atoms with E-state index >= 15 is 0 Å². The van der Waals surface area contributed by atoms with Gasteiger partial charge in [-0.25, -0.2) is 17.6 Å². The van der Waals surface area contributed by atoms with E-state index in [4.69, 9.17) is 4.74 Å². The van der Waals surface area contributed by atoms with Crippen molar-refractivity contribution >= 4 is 0 Å². The zero-order valence-corrected chi connectivity index (χ0v) is 19.2. The molecule has 1 aliphatic rings. The first-order chi connectivity index (χ1) is 16.3. The van der Waals surface area contributed by atoms with E-state index in [0.717, 1.165) is 30.4 Å². The fourth-order valence-electron chi connectivity index (χ4n) is 4.89. The van der Waals surface area contributed by atoms with Gasteiger partial charge in [-0.2, -0.15) is 4.39 Å². The second kappa shape index (κ2) is 10.2. The molecule has 0 bridgehead atoms. The molecule has 4 rings (SSSR count). The fourth-order valence-corrected chi connectivity index (χ4v) is 4.89. The van der Waals surface area contributed by atoms with E-state index in [1.807, 2.05) is 12.1 Å². The average Bonchev–Trinajstić information content (AvgIpc) is 2.83. The minimum absolute atomic E-state index is 0.112. The van der Waals surface area contributed by atoms with E-state index < -0.39 is 46.0 Å². The Labute approximate surface area is 196 Å². The van der Waals surface area contributed by atoms with Gasteiger partial charge in [0.1, 0.15) is 11.6 Å². The monoisotopic (exact) mass is 474 g/mol. The van der Waals surface area contributed by atoms with E-state index in [1.54, 1.807) is 19.1 Å². The Hall–Kier alpha value is -2.89. The second-order valence-corrected chi connectivity index (χ2v) is 9.12.